The number of aliphatic hydroxyl groups excluding tert-OH is 1. The maximum absolute atomic E-state index is 11.9. The van der Waals surface area contributed by atoms with E-state index in [0.717, 1.165) is 11.0 Å². The summed E-state index contributed by atoms with van der Waals surface area (Å²) in [6.07, 6.45) is 2.28. The Balaban J connectivity index is 3.00. The second-order valence-electron chi connectivity index (χ2n) is 4.84. The smallest absolute Gasteiger partial charge is 0.330 e. The Labute approximate surface area is 106 Å². The number of nitrogens with one attached hydrogen (secondary N) is 1. The third-order valence-corrected chi connectivity index (χ3v) is 3.35. The van der Waals surface area contributed by atoms with Crippen LogP contribution >= 0.6 is 0 Å². The lowest BCUT2D eigenvalue weighted by atomic mass is 10.00. The number of hydrogen-bond acceptors (Lipinski definition) is 4. The van der Waals surface area contributed by atoms with Crippen molar-refractivity contribution >= 4 is 0 Å². The molecule has 0 saturated heterocycles. The lowest BCUT2D eigenvalue weighted by Gasteiger charge is -2.27. The Morgan fingerprint density at radius 2 is 2.00 bits per heavy atom. The van der Waals surface area contributed by atoms with E-state index in [-0.39, 0.29) is 17.9 Å². The van der Waals surface area contributed by atoms with E-state index < -0.39 is 5.54 Å². The van der Waals surface area contributed by atoms with Gasteiger partial charge in [-0.1, -0.05) is 6.92 Å². The first-order valence-corrected chi connectivity index (χ1v) is 5.96. The maximum Gasteiger partial charge on any atom is 0.330 e. The van der Waals surface area contributed by atoms with Crippen LogP contribution in [0.25, 0.3) is 0 Å². The minimum Gasteiger partial charge on any atom is -0.394 e. The van der Waals surface area contributed by atoms with Crippen LogP contribution in [-0.2, 0) is 20.6 Å². The van der Waals surface area contributed by atoms with Crippen LogP contribution in [0, 0.1) is 0 Å². The molecule has 0 saturated carbocycles. The summed E-state index contributed by atoms with van der Waals surface area (Å²) in [6, 6.07) is 0. The van der Waals surface area contributed by atoms with Crippen LogP contribution in [0.1, 0.15) is 25.8 Å². The maximum atomic E-state index is 11.9. The molecule has 1 heterocycles. The average molecular weight is 255 g/mol. The third-order valence-electron chi connectivity index (χ3n) is 3.35. The second-order valence-corrected chi connectivity index (χ2v) is 4.84. The normalized spacial score (nSPS) is 14.5. The Morgan fingerprint density at radius 3 is 2.50 bits per heavy atom. The summed E-state index contributed by atoms with van der Waals surface area (Å²) < 4.78 is 2.46. The highest BCUT2D eigenvalue weighted by Crippen LogP contribution is 2.08. The van der Waals surface area contributed by atoms with Crippen LogP contribution < -0.4 is 16.6 Å². The molecule has 102 valence electrons. The molecule has 0 radical (unpaired) electrons. The lowest BCUT2D eigenvalue weighted by molar-refractivity contribution is 0.168. The Kier molecular flexibility index (Phi) is 4.48. The predicted octanol–water partition coefficient (Wildman–Crippen LogP) is -0.665. The zero-order valence-corrected chi connectivity index (χ0v) is 11.4. The molecule has 2 N–H and O–H groups in total. The van der Waals surface area contributed by atoms with E-state index in [0.29, 0.717) is 12.1 Å². The zero-order chi connectivity index (χ0) is 13.9. The van der Waals surface area contributed by atoms with Gasteiger partial charge in [0, 0.05) is 37.9 Å². The summed E-state index contributed by atoms with van der Waals surface area (Å²) in [5.41, 5.74) is -0.557. The van der Waals surface area contributed by atoms with Crippen molar-refractivity contribution in [2.75, 3.05) is 6.61 Å². The summed E-state index contributed by atoms with van der Waals surface area (Å²) in [6.45, 7) is 4.17. The standard InChI is InChI=1S/C12H21N3O3/c1-5-12(2,8-16)13-6-9-7-14(3)11(18)15(4)10(9)17/h7,13,16H,5-6,8H2,1-4H3. The van der Waals surface area contributed by atoms with Gasteiger partial charge in [0.1, 0.15) is 0 Å². The van der Waals surface area contributed by atoms with Gasteiger partial charge in [-0.2, -0.15) is 0 Å². The molecule has 0 aromatic carbocycles. The van der Waals surface area contributed by atoms with Gasteiger partial charge in [0.15, 0.2) is 0 Å². The first-order chi connectivity index (χ1) is 8.34. The highest BCUT2D eigenvalue weighted by atomic mass is 16.3. The Morgan fingerprint density at radius 1 is 1.39 bits per heavy atom. The molecule has 0 spiro atoms. The van der Waals surface area contributed by atoms with Crippen LogP contribution in [0.15, 0.2) is 15.8 Å². The molecule has 0 aliphatic carbocycles. The van der Waals surface area contributed by atoms with E-state index in [9.17, 15) is 14.7 Å². The van der Waals surface area contributed by atoms with Crippen molar-refractivity contribution in [2.24, 2.45) is 14.1 Å². The van der Waals surface area contributed by atoms with Gasteiger partial charge < -0.3 is 15.0 Å². The molecule has 6 heteroatoms. The first-order valence-electron chi connectivity index (χ1n) is 5.96. The SMILES string of the molecule is CCC(C)(CO)NCc1cn(C)c(=O)n(C)c1=O. The van der Waals surface area contributed by atoms with Gasteiger partial charge in [-0.05, 0) is 13.3 Å². The van der Waals surface area contributed by atoms with E-state index in [1.165, 1.54) is 17.8 Å². The molecule has 0 aliphatic rings. The van der Waals surface area contributed by atoms with Gasteiger partial charge in [-0.3, -0.25) is 9.36 Å². The molecule has 0 aliphatic heterocycles. The first kappa shape index (κ1) is 14.7. The van der Waals surface area contributed by atoms with Crippen molar-refractivity contribution in [1.82, 2.24) is 14.5 Å². The highest BCUT2D eigenvalue weighted by Gasteiger charge is 2.20. The number of hydrogen-bond donors (Lipinski definition) is 2. The number of aliphatic hydroxyl groups is 1. The topological polar surface area (TPSA) is 76.3 Å². The van der Waals surface area contributed by atoms with Gasteiger partial charge in [0.2, 0.25) is 0 Å². The summed E-state index contributed by atoms with van der Waals surface area (Å²) in [4.78, 5) is 23.4. The van der Waals surface area contributed by atoms with E-state index in [1.807, 2.05) is 13.8 Å². The second kappa shape index (κ2) is 5.49. The molecule has 18 heavy (non-hydrogen) atoms. The van der Waals surface area contributed by atoms with Crippen LogP contribution in [-0.4, -0.2) is 26.4 Å². The minimum atomic E-state index is -0.417. The fourth-order valence-corrected chi connectivity index (χ4v) is 1.61. The van der Waals surface area contributed by atoms with Gasteiger partial charge >= 0.3 is 5.69 Å². The number of nitrogens with zero attached hydrogens (tertiary/aromatic N) is 2. The van der Waals surface area contributed by atoms with Crippen LogP contribution in [0.4, 0.5) is 0 Å². The Bertz CT molecular complexity index is 526. The van der Waals surface area contributed by atoms with E-state index in [1.54, 1.807) is 7.05 Å². The monoisotopic (exact) mass is 255 g/mol. The molecular weight excluding hydrogens is 234 g/mol. The van der Waals surface area contributed by atoms with E-state index >= 15 is 0 Å². The third kappa shape index (κ3) is 2.88. The van der Waals surface area contributed by atoms with Crippen LogP contribution in [0.2, 0.25) is 0 Å². The predicted molar refractivity (Wildman–Crippen MR) is 69.5 cm³/mol. The molecule has 6 nitrogen and oxygen atoms in total. The summed E-state index contributed by atoms with van der Waals surface area (Å²) in [5, 5.41) is 12.4. The van der Waals surface area contributed by atoms with Crippen LogP contribution in [0.5, 0.6) is 0 Å². The molecule has 1 rings (SSSR count). The molecule has 1 unspecified atom stereocenters. The largest absolute Gasteiger partial charge is 0.394 e. The quantitative estimate of drug-likeness (QED) is 0.732. The van der Waals surface area contributed by atoms with E-state index in [4.69, 9.17) is 0 Å². The van der Waals surface area contributed by atoms with Crippen molar-refractivity contribution in [3.8, 4) is 0 Å². The number of aryl methyl sites for hydroxylation is 1. The average Bonchev–Trinajstić information content (AvgIpc) is 2.38. The minimum absolute atomic E-state index is 0.00439. The summed E-state index contributed by atoms with van der Waals surface area (Å²) in [5.74, 6) is 0. The van der Waals surface area contributed by atoms with Crippen molar-refractivity contribution in [2.45, 2.75) is 32.4 Å². The van der Waals surface area contributed by atoms with E-state index in [2.05, 4.69) is 5.32 Å². The number of aromatic nitrogens is 2. The summed E-state index contributed by atoms with van der Waals surface area (Å²) >= 11 is 0. The fraction of sp³-hybridized carbons (Fsp3) is 0.667. The molecule has 0 amide bonds. The zero-order valence-electron chi connectivity index (χ0n) is 11.4. The molecule has 1 aromatic heterocycles. The van der Waals surface area contributed by atoms with Crippen molar-refractivity contribution in [1.29, 1.82) is 0 Å². The molecule has 1 atom stereocenters. The molecule has 0 fully saturated rings. The Hall–Kier alpha value is -1.40. The van der Waals surface area contributed by atoms with Gasteiger partial charge in [-0.25, -0.2) is 4.79 Å². The molecule has 0 bridgehead atoms. The van der Waals surface area contributed by atoms with Crippen molar-refractivity contribution < 1.29 is 5.11 Å². The van der Waals surface area contributed by atoms with Gasteiger partial charge in [-0.15, -0.1) is 0 Å². The van der Waals surface area contributed by atoms with Gasteiger partial charge in [0.25, 0.3) is 5.56 Å². The highest BCUT2D eigenvalue weighted by molar-refractivity contribution is 5.06. The molecule has 1 aromatic rings. The summed E-state index contributed by atoms with van der Waals surface area (Å²) in [7, 11) is 3.07. The lowest BCUT2D eigenvalue weighted by Crippen LogP contribution is -2.47. The molecular formula is C12H21N3O3. The van der Waals surface area contributed by atoms with Crippen LogP contribution in [0.3, 0.4) is 0 Å². The van der Waals surface area contributed by atoms with Crippen molar-refractivity contribution in [3.05, 3.63) is 32.6 Å². The number of rotatable bonds is 5. The van der Waals surface area contributed by atoms with Crippen molar-refractivity contribution in [3.63, 3.8) is 0 Å². The fourth-order valence-electron chi connectivity index (χ4n) is 1.61. The van der Waals surface area contributed by atoms with Gasteiger partial charge in [0.05, 0.1) is 6.61 Å².